The molecule has 0 radical (unpaired) electrons. The van der Waals surface area contributed by atoms with Gasteiger partial charge in [0.2, 0.25) is 15.9 Å². The second kappa shape index (κ2) is 11.6. The zero-order valence-corrected chi connectivity index (χ0v) is 29.4. The highest BCUT2D eigenvalue weighted by molar-refractivity contribution is 7.90. The van der Waals surface area contributed by atoms with Crippen LogP contribution in [0.15, 0.2) is 36.4 Å². The molecule has 3 aromatic rings. The Balaban J connectivity index is 1.34. The van der Waals surface area contributed by atoms with Crippen LogP contribution in [0.3, 0.4) is 0 Å². The van der Waals surface area contributed by atoms with E-state index in [1.807, 2.05) is 32.0 Å². The predicted molar refractivity (Wildman–Crippen MR) is 187 cm³/mol. The molecule has 2 aliphatic carbocycles. The van der Waals surface area contributed by atoms with E-state index >= 15 is 4.79 Å². The maximum absolute atomic E-state index is 15.3. The zero-order valence-electron chi connectivity index (χ0n) is 28.6. The maximum atomic E-state index is 15.3. The van der Waals surface area contributed by atoms with Crippen LogP contribution in [-0.4, -0.2) is 79.2 Å². The summed E-state index contributed by atoms with van der Waals surface area (Å²) in [5.74, 6) is 0.697. The summed E-state index contributed by atoms with van der Waals surface area (Å²) in [5, 5.41) is 0.434. The van der Waals surface area contributed by atoms with E-state index in [0.29, 0.717) is 30.7 Å². The van der Waals surface area contributed by atoms with Crippen LogP contribution in [0.2, 0.25) is 0 Å². The normalized spacial score (nSPS) is 26.7. The van der Waals surface area contributed by atoms with E-state index in [9.17, 15) is 13.2 Å². The number of hydrogen-bond acceptors (Lipinski definition) is 6. The number of methoxy groups -OCH3 is 1. The van der Waals surface area contributed by atoms with E-state index in [1.54, 1.807) is 13.2 Å². The predicted octanol–water partition coefficient (Wildman–Crippen LogP) is 6.11. The fourth-order valence-electron chi connectivity index (χ4n) is 9.98. The van der Waals surface area contributed by atoms with Gasteiger partial charge in [-0.3, -0.25) is 9.59 Å². The van der Waals surface area contributed by atoms with Crippen LogP contribution in [-0.2, 0) is 20.4 Å². The van der Waals surface area contributed by atoms with Crippen LogP contribution in [0.4, 0.5) is 0 Å². The Bertz CT molecular complexity index is 1890. The summed E-state index contributed by atoms with van der Waals surface area (Å²) in [6, 6.07) is 12.4. The number of nitrogens with zero attached hydrogens (tertiary/aromatic N) is 3. The van der Waals surface area contributed by atoms with Gasteiger partial charge in [0.1, 0.15) is 11.3 Å². The van der Waals surface area contributed by atoms with Crippen LogP contribution in [0, 0.1) is 0 Å². The summed E-state index contributed by atoms with van der Waals surface area (Å²) in [4.78, 5) is 33.5. The average Bonchev–Trinajstić information content (AvgIpc) is 3.67. The molecule has 5 aliphatic rings. The van der Waals surface area contributed by atoms with Crippen molar-refractivity contribution in [2.24, 2.45) is 0 Å². The lowest BCUT2D eigenvalue weighted by Crippen LogP contribution is -2.58. The summed E-state index contributed by atoms with van der Waals surface area (Å²) >= 11 is 0. The molecule has 1 aromatic heterocycles. The van der Waals surface area contributed by atoms with Gasteiger partial charge in [-0.2, -0.15) is 0 Å². The topological polar surface area (TPSA) is 101 Å². The molecule has 8 rings (SSSR count). The smallest absolute Gasteiger partial charge is 0.264 e. The largest absolute Gasteiger partial charge is 0.497 e. The molecular weight excluding hydrogens is 625 g/mol. The van der Waals surface area contributed by atoms with Gasteiger partial charge in [0.15, 0.2) is 0 Å². The minimum atomic E-state index is -3.83. The lowest BCUT2D eigenvalue weighted by Gasteiger charge is -2.43. The highest BCUT2D eigenvalue weighted by atomic mass is 32.2. The number of nitrogens with one attached hydrogen (secondary N) is 1. The Labute approximate surface area is 284 Å². The van der Waals surface area contributed by atoms with Gasteiger partial charge in [-0.25, -0.2) is 13.1 Å². The van der Waals surface area contributed by atoms with Crippen LogP contribution >= 0.6 is 0 Å². The van der Waals surface area contributed by atoms with Crippen molar-refractivity contribution in [3.63, 3.8) is 0 Å². The SMILES string of the molecule is CCC(CC)S(=O)(=O)NC(=O)c1ccc2c(C3CCCCC3)c3n(c2c1)C1(C(=O)N2C4CCC2CN(C)C4)CC1c1cc(OC)ccc1-3. The molecule has 2 saturated heterocycles. The van der Waals surface area contributed by atoms with Crippen LogP contribution in [0.25, 0.3) is 22.2 Å². The van der Waals surface area contributed by atoms with Crippen molar-refractivity contribution in [3.05, 3.63) is 53.1 Å². The lowest BCUT2D eigenvalue weighted by atomic mass is 9.80. The lowest BCUT2D eigenvalue weighted by molar-refractivity contribution is -0.142. The first-order chi connectivity index (χ1) is 23.1. The Morgan fingerprint density at radius 1 is 0.979 bits per heavy atom. The summed E-state index contributed by atoms with van der Waals surface area (Å²) in [5.41, 5.74) is 5.04. The molecule has 10 heteroatoms. The third kappa shape index (κ3) is 4.68. The standard InChI is InChI=1S/C38H48N4O5S/c1-5-28(6-2)48(45,46)39-36(43)24-12-16-30-33(18-24)42-35(34(30)23-10-8-7-9-11-23)29-17-15-27(47-4)19-31(29)32-20-38(32,42)37(44)41-25-13-14-26(41)22-40(3)21-25/h12,15-19,23,25-26,28,32H,5-11,13-14,20-22H2,1-4H3,(H,39,43). The van der Waals surface area contributed by atoms with Gasteiger partial charge in [0, 0.05) is 47.6 Å². The van der Waals surface area contributed by atoms with Crippen LogP contribution < -0.4 is 9.46 Å². The van der Waals surface area contributed by atoms with E-state index in [-0.39, 0.29) is 23.9 Å². The number of rotatable bonds is 8. The molecule has 2 aromatic carbocycles. The first kappa shape index (κ1) is 31.9. The van der Waals surface area contributed by atoms with Gasteiger partial charge in [0.05, 0.1) is 23.6 Å². The number of sulfonamides is 1. The quantitative estimate of drug-likeness (QED) is 0.310. The van der Waals surface area contributed by atoms with Crippen molar-refractivity contribution < 1.29 is 22.7 Å². The number of ether oxygens (including phenoxy) is 1. The summed E-state index contributed by atoms with van der Waals surface area (Å²) in [6.45, 7) is 5.42. The highest BCUT2D eigenvalue weighted by Crippen LogP contribution is 2.67. The molecule has 3 aliphatic heterocycles. The molecule has 0 spiro atoms. The number of carbonyl (C=O) groups excluding carboxylic acids is 2. The molecule has 9 nitrogen and oxygen atoms in total. The molecule has 256 valence electrons. The molecule has 4 fully saturated rings. The second-order valence-electron chi connectivity index (χ2n) is 15.0. The second-order valence-corrected chi connectivity index (χ2v) is 17.0. The van der Waals surface area contributed by atoms with Crippen molar-refractivity contribution in [2.45, 2.75) is 113 Å². The summed E-state index contributed by atoms with van der Waals surface area (Å²) in [6.07, 6.45) is 9.32. The molecule has 4 unspecified atom stereocenters. The Kier molecular flexibility index (Phi) is 7.71. The number of benzene rings is 2. The van der Waals surface area contributed by atoms with E-state index in [0.717, 1.165) is 79.5 Å². The number of likely N-dealkylation sites (N-methyl/N-ethyl adjacent to an activating group) is 1. The Morgan fingerprint density at radius 2 is 1.69 bits per heavy atom. The van der Waals surface area contributed by atoms with Gasteiger partial charge < -0.3 is 19.1 Å². The number of amides is 2. The number of carbonyl (C=O) groups is 2. The van der Waals surface area contributed by atoms with Crippen molar-refractivity contribution >= 4 is 32.7 Å². The number of likely N-dealkylation sites (tertiary alicyclic amines) is 1. The van der Waals surface area contributed by atoms with Gasteiger partial charge in [0.25, 0.3) is 5.91 Å². The van der Waals surface area contributed by atoms with Crippen molar-refractivity contribution in [3.8, 4) is 17.0 Å². The Hall–Kier alpha value is -3.37. The first-order valence-electron chi connectivity index (χ1n) is 18.1. The fraction of sp³-hybridized carbons (Fsp3) is 0.579. The molecule has 4 heterocycles. The number of fused-ring (bicyclic) bond motifs is 10. The molecule has 1 N–H and O–H groups in total. The summed E-state index contributed by atoms with van der Waals surface area (Å²) < 4.78 is 36.7. The minimum Gasteiger partial charge on any atom is -0.497 e. The molecular formula is C38H48N4O5S. The average molecular weight is 673 g/mol. The monoisotopic (exact) mass is 672 g/mol. The van der Waals surface area contributed by atoms with E-state index < -0.39 is 26.7 Å². The maximum Gasteiger partial charge on any atom is 0.264 e. The Morgan fingerprint density at radius 3 is 2.35 bits per heavy atom. The van der Waals surface area contributed by atoms with Crippen molar-refractivity contribution in [1.82, 2.24) is 19.1 Å². The van der Waals surface area contributed by atoms with E-state index in [2.05, 4.69) is 38.3 Å². The van der Waals surface area contributed by atoms with Gasteiger partial charge >= 0.3 is 0 Å². The fourth-order valence-corrected chi connectivity index (χ4v) is 11.4. The number of aromatic nitrogens is 1. The molecule has 48 heavy (non-hydrogen) atoms. The van der Waals surface area contributed by atoms with Gasteiger partial charge in [-0.1, -0.05) is 39.2 Å². The van der Waals surface area contributed by atoms with Crippen LogP contribution in [0.5, 0.6) is 5.75 Å². The van der Waals surface area contributed by atoms with Crippen molar-refractivity contribution in [2.75, 3.05) is 27.2 Å². The van der Waals surface area contributed by atoms with Crippen molar-refractivity contribution in [1.29, 1.82) is 0 Å². The minimum absolute atomic E-state index is 0.0100. The molecule has 2 bridgehead atoms. The van der Waals surface area contributed by atoms with Gasteiger partial charge in [-0.15, -0.1) is 0 Å². The highest BCUT2D eigenvalue weighted by Gasteiger charge is 2.68. The van der Waals surface area contributed by atoms with E-state index in [1.165, 1.54) is 17.5 Å². The van der Waals surface area contributed by atoms with E-state index in [4.69, 9.17) is 4.74 Å². The molecule has 2 saturated carbocycles. The zero-order chi connectivity index (χ0) is 33.5. The molecule has 4 atom stereocenters. The summed E-state index contributed by atoms with van der Waals surface area (Å²) in [7, 11) is 0.00953. The third-order valence-electron chi connectivity index (χ3n) is 12.4. The van der Waals surface area contributed by atoms with Gasteiger partial charge in [-0.05, 0) is 99.4 Å². The number of hydrogen-bond donors (Lipinski definition) is 1. The van der Waals surface area contributed by atoms with Crippen LogP contribution in [0.1, 0.15) is 111 Å². The first-order valence-corrected chi connectivity index (χ1v) is 19.6. The molecule has 2 amide bonds. The third-order valence-corrected chi connectivity index (χ3v) is 14.4. The number of piperazine rings is 1.